The van der Waals surface area contributed by atoms with Crippen LogP contribution in [0, 0.1) is 0 Å². The van der Waals surface area contributed by atoms with Crippen LogP contribution in [0.5, 0.6) is 0 Å². The van der Waals surface area contributed by atoms with Crippen molar-refractivity contribution < 1.29 is 23.1 Å². The van der Waals surface area contributed by atoms with E-state index in [4.69, 9.17) is 5.11 Å². The van der Waals surface area contributed by atoms with Crippen LogP contribution < -0.4 is 5.32 Å². The van der Waals surface area contributed by atoms with E-state index in [0.717, 1.165) is 0 Å². The summed E-state index contributed by atoms with van der Waals surface area (Å²) in [5.74, 6) is -1.07. The zero-order chi connectivity index (χ0) is 17.3. The summed E-state index contributed by atoms with van der Waals surface area (Å²) in [7, 11) is -3.43. The van der Waals surface area contributed by atoms with Gasteiger partial charge in [-0.1, -0.05) is 0 Å². The predicted molar refractivity (Wildman–Crippen MR) is 84.2 cm³/mol. The molecule has 126 valence electrons. The number of amides is 1. The molecular weight excluding hydrogens is 322 g/mol. The first kappa shape index (κ1) is 17.2. The lowest BCUT2D eigenvalue weighted by Gasteiger charge is -2.29. The van der Waals surface area contributed by atoms with Crippen molar-refractivity contribution in [3.63, 3.8) is 0 Å². The van der Waals surface area contributed by atoms with Crippen molar-refractivity contribution in [2.75, 3.05) is 12.3 Å². The SMILES string of the molecule is CC(C)(CCC(=O)O)NC(=O)C1=CN2CCS(=O)(=O)N=C2C=C1. The lowest BCUT2D eigenvalue weighted by molar-refractivity contribution is -0.137. The average Bonchev–Trinajstić information content (AvgIpc) is 2.43. The summed E-state index contributed by atoms with van der Waals surface area (Å²) in [5.41, 5.74) is -0.296. The fraction of sp³-hybridized carbons (Fsp3) is 0.500. The van der Waals surface area contributed by atoms with E-state index in [-0.39, 0.29) is 30.5 Å². The average molecular weight is 341 g/mol. The maximum atomic E-state index is 12.3. The highest BCUT2D eigenvalue weighted by Gasteiger charge is 2.27. The number of hydrogen-bond acceptors (Lipinski definition) is 5. The molecule has 0 radical (unpaired) electrons. The van der Waals surface area contributed by atoms with E-state index in [0.29, 0.717) is 12.0 Å². The summed E-state index contributed by atoms with van der Waals surface area (Å²) in [5, 5.41) is 11.5. The summed E-state index contributed by atoms with van der Waals surface area (Å²) in [4.78, 5) is 24.5. The molecule has 23 heavy (non-hydrogen) atoms. The lowest BCUT2D eigenvalue weighted by atomic mass is 9.97. The normalized spacial score (nSPS) is 19.5. The zero-order valence-corrected chi connectivity index (χ0v) is 13.8. The van der Waals surface area contributed by atoms with Crippen molar-refractivity contribution in [1.82, 2.24) is 10.2 Å². The second-order valence-electron chi connectivity index (χ2n) is 6.08. The van der Waals surface area contributed by atoms with Gasteiger partial charge in [-0.25, -0.2) is 8.42 Å². The number of carboxylic acid groups (broad SMARTS) is 1. The van der Waals surface area contributed by atoms with Crippen LogP contribution in [0.15, 0.2) is 28.3 Å². The van der Waals surface area contributed by atoms with E-state index in [1.54, 1.807) is 24.9 Å². The van der Waals surface area contributed by atoms with E-state index in [1.807, 2.05) is 0 Å². The van der Waals surface area contributed by atoms with Crippen LogP contribution in [-0.2, 0) is 19.6 Å². The topological polar surface area (TPSA) is 116 Å². The first-order valence-corrected chi connectivity index (χ1v) is 8.72. The third-order valence-electron chi connectivity index (χ3n) is 3.50. The van der Waals surface area contributed by atoms with Crippen LogP contribution in [0.4, 0.5) is 0 Å². The number of sulfonamides is 1. The van der Waals surface area contributed by atoms with Crippen LogP contribution in [0.1, 0.15) is 26.7 Å². The molecule has 9 heteroatoms. The van der Waals surface area contributed by atoms with Gasteiger partial charge in [0.25, 0.3) is 15.9 Å². The number of carboxylic acids is 1. The lowest BCUT2D eigenvalue weighted by Crippen LogP contribution is -2.45. The number of nitrogens with one attached hydrogen (secondary N) is 1. The van der Waals surface area contributed by atoms with Gasteiger partial charge in [0, 0.05) is 24.7 Å². The zero-order valence-electron chi connectivity index (χ0n) is 12.9. The van der Waals surface area contributed by atoms with Crippen molar-refractivity contribution >= 4 is 27.7 Å². The quantitative estimate of drug-likeness (QED) is 0.740. The Balaban J connectivity index is 2.06. The number of aliphatic carboxylic acids is 1. The van der Waals surface area contributed by atoms with E-state index in [9.17, 15) is 18.0 Å². The molecule has 0 spiro atoms. The maximum Gasteiger partial charge on any atom is 0.303 e. The second-order valence-corrected chi connectivity index (χ2v) is 7.83. The van der Waals surface area contributed by atoms with E-state index < -0.39 is 21.5 Å². The number of nitrogens with zero attached hydrogens (tertiary/aromatic N) is 2. The Labute approximate surface area is 134 Å². The number of rotatable bonds is 5. The predicted octanol–water partition coefficient (Wildman–Crippen LogP) is 0.244. The number of carbonyl (C=O) groups is 2. The fourth-order valence-electron chi connectivity index (χ4n) is 2.20. The van der Waals surface area contributed by atoms with Crippen molar-refractivity contribution in [2.24, 2.45) is 4.40 Å². The van der Waals surface area contributed by atoms with Gasteiger partial charge in [0.15, 0.2) is 0 Å². The van der Waals surface area contributed by atoms with Crippen LogP contribution in [-0.4, -0.2) is 54.0 Å². The molecule has 2 N–H and O–H groups in total. The summed E-state index contributed by atoms with van der Waals surface area (Å²) < 4.78 is 26.5. The third kappa shape index (κ3) is 4.65. The smallest absolute Gasteiger partial charge is 0.303 e. The van der Waals surface area contributed by atoms with Gasteiger partial charge in [0.2, 0.25) is 0 Å². The highest BCUT2D eigenvalue weighted by atomic mass is 32.2. The van der Waals surface area contributed by atoms with Crippen LogP contribution in [0.25, 0.3) is 0 Å². The van der Waals surface area contributed by atoms with Gasteiger partial charge in [0.05, 0.1) is 11.3 Å². The monoisotopic (exact) mass is 341 g/mol. The summed E-state index contributed by atoms with van der Waals surface area (Å²) in [6.45, 7) is 3.74. The molecule has 0 saturated carbocycles. The number of carbonyl (C=O) groups excluding carboxylic acids is 1. The minimum atomic E-state index is -3.43. The number of hydrogen-bond donors (Lipinski definition) is 2. The van der Waals surface area contributed by atoms with Gasteiger partial charge >= 0.3 is 5.97 Å². The Morgan fingerprint density at radius 2 is 2.09 bits per heavy atom. The first-order chi connectivity index (χ1) is 10.6. The van der Waals surface area contributed by atoms with Crippen molar-refractivity contribution in [1.29, 1.82) is 0 Å². The molecule has 2 aliphatic heterocycles. The molecule has 2 heterocycles. The largest absolute Gasteiger partial charge is 0.481 e. The molecule has 0 bridgehead atoms. The number of amidine groups is 1. The molecule has 0 aliphatic carbocycles. The van der Waals surface area contributed by atoms with Gasteiger partial charge in [-0.2, -0.15) is 0 Å². The molecule has 0 aromatic carbocycles. The van der Waals surface area contributed by atoms with E-state index in [2.05, 4.69) is 9.71 Å². The molecule has 0 fully saturated rings. The van der Waals surface area contributed by atoms with Crippen molar-refractivity contribution in [3.8, 4) is 0 Å². The molecule has 0 atom stereocenters. The maximum absolute atomic E-state index is 12.3. The highest BCUT2D eigenvalue weighted by molar-refractivity contribution is 7.90. The Bertz CT molecular complexity index is 719. The van der Waals surface area contributed by atoms with Gasteiger partial charge in [-0.05, 0) is 32.4 Å². The van der Waals surface area contributed by atoms with Crippen LogP contribution >= 0.6 is 0 Å². The molecule has 2 aliphatic rings. The van der Waals surface area contributed by atoms with Gasteiger partial charge in [0.1, 0.15) is 5.84 Å². The molecule has 8 nitrogen and oxygen atoms in total. The second kappa shape index (κ2) is 6.15. The van der Waals surface area contributed by atoms with Gasteiger partial charge in [-0.15, -0.1) is 4.40 Å². The van der Waals surface area contributed by atoms with Gasteiger partial charge < -0.3 is 15.3 Å². The standard InChI is InChI=1S/C14H19N3O5S/c1-14(2,6-5-12(18)19)15-13(20)10-3-4-11-16-23(21,22)8-7-17(11)9-10/h3-4,9H,5-8H2,1-2H3,(H,15,20)(H,18,19). The fourth-order valence-corrected chi connectivity index (χ4v) is 3.17. The molecule has 0 unspecified atom stereocenters. The molecule has 2 rings (SSSR count). The summed E-state index contributed by atoms with van der Waals surface area (Å²) in [6.07, 6.45) is 4.80. The molecular formula is C14H19N3O5S. The summed E-state index contributed by atoms with van der Waals surface area (Å²) >= 11 is 0. The van der Waals surface area contributed by atoms with Crippen molar-refractivity contribution in [3.05, 3.63) is 23.9 Å². The first-order valence-electron chi connectivity index (χ1n) is 7.11. The Kier molecular flexibility index (Phi) is 4.60. The van der Waals surface area contributed by atoms with Crippen LogP contribution in [0.2, 0.25) is 0 Å². The van der Waals surface area contributed by atoms with Crippen molar-refractivity contribution in [2.45, 2.75) is 32.2 Å². The minimum absolute atomic E-state index is 0.0387. The molecule has 0 saturated heterocycles. The van der Waals surface area contributed by atoms with Crippen LogP contribution in [0.3, 0.4) is 0 Å². The molecule has 0 aromatic rings. The molecule has 1 amide bonds. The Morgan fingerprint density at radius 1 is 1.39 bits per heavy atom. The molecule has 0 aromatic heterocycles. The summed E-state index contributed by atoms with van der Waals surface area (Å²) in [6, 6.07) is 0. The minimum Gasteiger partial charge on any atom is -0.481 e. The number of fused-ring (bicyclic) bond motifs is 1. The Morgan fingerprint density at radius 3 is 2.74 bits per heavy atom. The highest BCUT2D eigenvalue weighted by Crippen LogP contribution is 2.18. The van der Waals surface area contributed by atoms with Gasteiger partial charge in [-0.3, -0.25) is 9.59 Å². The van der Waals surface area contributed by atoms with E-state index >= 15 is 0 Å². The third-order valence-corrected chi connectivity index (χ3v) is 4.67. The Hall–Kier alpha value is -2.16. The van der Waals surface area contributed by atoms with E-state index in [1.165, 1.54) is 12.2 Å².